The maximum atomic E-state index is 4.52. The molecule has 1 aliphatic rings. The van der Waals surface area contributed by atoms with E-state index in [2.05, 4.69) is 223 Å². The van der Waals surface area contributed by atoms with Gasteiger partial charge in [-0.3, -0.25) is 0 Å². The standard InChI is InChI=1S/C52H55N/c1-8-11-18-43(9-2)48-33-29-46(30-34-48)42(7)39(4)23-24-40(5)45-27-31-49(32-28-45)50-35-37-52(38-36-50)53(51-21-16-13-17-22-51)41(6)25-26-44(10-3)47-19-14-12-15-20-47/h9-35,37,42H,6,8,36,38H2,1-5,7H3/b18-11-,26-25-,39-23-,40-24+,43-9+,44-10+. The van der Waals surface area contributed by atoms with E-state index in [9.17, 15) is 0 Å². The third-order valence-electron chi connectivity index (χ3n) is 10.2. The molecule has 0 aliphatic heterocycles. The van der Waals surface area contributed by atoms with Crippen LogP contribution in [0.15, 0.2) is 194 Å². The van der Waals surface area contributed by atoms with Gasteiger partial charge in [-0.2, -0.15) is 0 Å². The zero-order chi connectivity index (χ0) is 37.6. The monoisotopic (exact) mass is 693 g/mol. The van der Waals surface area contributed by atoms with Crippen molar-refractivity contribution in [2.75, 3.05) is 4.90 Å². The Labute approximate surface area is 319 Å². The predicted octanol–water partition coefficient (Wildman–Crippen LogP) is 15.0. The molecule has 0 saturated heterocycles. The number of nitrogens with zero attached hydrogens (tertiary/aromatic N) is 1. The highest BCUT2D eigenvalue weighted by Gasteiger charge is 2.18. The molecule has 5 rings (SSSR count). The molecule has 4 aromatic carbocycles. The molecule has 0 saturated carbocycles. The summed E-state index contributed by atoms with van der Waals surface area (Å²) in [6, 6.07) is 39.1. The summed E-state index contributed by atoms with van der Waals surface area (Å²) in [6.07, 6.45) is 25.1. The summed E-state index contributed by atoms with van der Waals surface area (Å²) < 4.78 is 0. The quantitative estimate of drug-likeness (QED) is 0.119. The lowest BCUT2D eigenvalue weighted by atomic mass is 9.91. The second-order valence-corrected chi connectivity index (χ2v) is 13.7. The van der Waals surface area contributed by atoms with Gasteiger partial charge in [0.15, 0.2) is 0 Å². The van der Waals surface area contributed by atoms with Crippen LogP contribution < -0.4 is 4.90 Å². The first kappa shape index (κ1) is 38.6. The van der Waals surface area contributed by atoms with Crippen LogP contribution in [-0.4, -0.2) is 0 Å². The number of hydrogen-bond donors (Lipinski definition) is 0. The van der Waals surface area contributed by atoms with Crippen molar-refractivity contribution in [2.45, 2.75) is 66.7 Å². The fourth-order valence-corrected chi connectivity index (χ4v) is 6.67. The lowest BCUT2D eigenvalue weighted by molar-refractivity contribution is 0.893. The third kappa shape index (κ3) is 10.2. The second-order valence-electron chi connectivity index (χ2n) is 13.7. The summed E-state index contributed by atoms with van der Waals surface area (Å²) in [6.45, 7) is 17.6. The van der Waals surface area contributed by atoms with Gasteiger partial charge < -0.3 is 4.90 Å². The molecule has 0 fully saturated rings. The molecule has 1 aliphatic carbocycles. The molecule has 0 heterocycles. The maximum absolute atomic E-state index is 4.52. The molecule has 0 N–H and O–H groups in total. The normalized spacial score (nSPS) is 15.1. The Hall–Kier alpha value is -5.66. The summed E-state index contributed by atoms with van der Waals surface area (Å²) >= 11 is 0. The molecule has 0 amide bonds. The summed E-state index contributed by atoms with van der Waals surface area (Å²) in [4.78, 5) is 2.29. The average Bonchev–Trinajstić information content (AvgIpc) is 3.21. The van der Waals surface area contributed by atoms with Gasteiger partial charge in [-0.25, -0.2) is 0 Å². The van der Waals surface area contributed by atoms with Crippen molar-refractivity contribution in [1.29, 1.82) is 0 Å². The first-order valence-electron chi connectivity index (χ1n) is 19.1. The third-order valence-corrected chi connectivity index (χ3v) is 10.2. The van der Waals surface area contributed by atoms with Gasteiger partial charge in [0, 0.05) is 23.0 Å². The van der Waals surface area contributed by atoms with Gasteiger partial charge in [-0.1, -0.05) is 172 Å². The van der Waals surface area contributed by atoms with Crippen LogP contribution in [0.1, 0.15) is 94.5 Å². The van der Waals surface area contributed by atoms with Gasteiger partial charge in [0.2, 0.25) is 0 Å². The first-order chi connectivity index (χ1) is 25.8. The molecule has 0 aromatic heterocycles. The molecular formula is C52H55N. The molecular weight excluding hydrogens is 639 g/mol. The van der Waals surface area contributed by atoms with Gasteiger partial charge in [-0.15, -0.1) is 0 Å². The van der Waals surface area contributed by atoms with E-state index >= 15 is 0 Å². The van der Waals surface area contributed by atoms with Crippen LogP contribution in [0, 0.1) is 0 Å². The Morgan fingerprint density at radius 1 is 0.679 bits per heavy atom. The van der Waals surface area contributed by atoms with Crippen LogP contribution in [0.5, 0.6) is 0 Å². The summed E-state index contributed by atoms with van der Waals surface area (Å²) in [5.41, 5.74) is 16.0. The van der Waals surface area contributed by atoms with Crippen molar-refractivity contribution in [3.05, 3.63) is 221 Å². The molecule has 1 heteroatoms. The average molecular weight is 694 g/mol. The highest BCUT2D eigenvalue weighted by Crippen LogP contribution is 2.34. The molecule has 1 unspecified atom stereocenters. The summed E-state index contributed by atoms with van der Waals surface area (Å²) in [7, 11) is 0. The lowest BCUT2D eigenvalue weighted by Crippen LogP contribution is -2.21. The molecule has 0 radical (unpaired) electrons. The van der Waals surface area contributed by atoms with Gasteiger partial charge in [0.25, 0.3) is 0 Å². The van der Waals surface area contributed by atoms with E-state index in [0.717, 1.165) is 30.6 Å². The molecule has 268 valence electrons. The van der Waals surface area contributed by atoms with Crippen LogP contribution in [0.4, 0.5) is 5.69 Å². The molecule has 1 nitrogen and oxygen atoms in total. The van der Waals surface area contributed by atoms with Crippen molar-refractivity contribution in [2.24, 2.45) is 0 Å². The second kappa shape index (κ2) is 19.3. The summed E-state index contributed by atoms with van der Waals surface area (Å²) in [5, 5.41) is 0. The first-order valence-corrected chi connectivity index (χ1v) is 19.1. The Kier molecular flexibility index (Phi) is 14.0. The number of para-hydroxylation sites is 1. The van der Waals surface area contributed by atoms with Gasteiger partial charge in [-0.05, 0) is 121 Å². The van der Waals surface area contributed by atoms with Crippen LogP contribution in [0.25, 0.3) is 22.3 Å². The van der Waals surface area contributed by atoms with Gasteiger partial charge in [0.1, 0.15) is 0 Å². The highest BCUT2D eigenvalue weighted by atomic mass is 15.1. The van der Waals surface area contributed by atoms with Gasteiger partial charge in [0.05, 0.1) is 0 Å². The number of hydrogen-bond acceptors (Lipinski definition) is 1. The molecule has 53 heavy (non-hydrogen) atoms. The molecule has 4 aromatic rings. The minimum Gasteiger partial charge on any atom is -0.315 e. The van der Waals surface area contributed by atoms with Crippen LogP contribution in [0.3, 0.4) is 0 Å². The fourth-order valence-electron chi connectivity index (χ4n) is 6.67. The van der Waals surface area contributed by atoms with E-state index < -0.39 is 0 Å². The van der Waals surface area contributed by atoms with E-state index in [-0.39, 0.29) is 0 Å². The fraction of sp³-hybridized carbons (Fsp3) is 0.192. The van der Waals surface area contributed by atoms with Crippen molar-refractivity contribution in [3.8, 4) is 0 Å². The minimum atomic E-state index is 0.345. The van der Waals surface area contributed by atoms with Crippen LogP contribution >= 0.6 is 0 Å². The topological polar surface area (TPSA) is 3.24 Å². The van der Waals surface area contributed by atoms with Crippen molar-refractivity contribution in [1.82, 2.24) is 0 Å². The number of rotatable bonds is 14. The zero-order valence-corrected chi connectivity index (χ0v) is 32.5. The Balaban J connectivity index is 1.28. The molecule has 0 spiro atoms. The Morgan fingerprint density at radius 2 is 1.28 bits per heavy atom. The maximum Gasteiger partial charge on any atom is 0.0458 e. The van der Waals surface area contributed by atoms with E-state index in [0.29, 0.717) is 5.92 Å². The molecule has 0 bridgehead atoms. The number of anilines is 1. The predicted molar refractivity (Wildman–Crippen MR) is 234 cm³/mol. The summed E-state index contributed by atoms with van der Waals surface area (Å²) in [5.74, 6) is 0.345. The van der Waals surface area contributed by atoms with Crippen molar-refractivity contribution < 1.29 is 0 Å². The Morgan fingerprint density at radius 3 is 1.89 bits per heavy atom. The molecule has 1 atom stereocenters. The van der Waals surface area contributed by atoms with Crippen LogP contribution in [-0.2, 0) is 0 Å². The van der Waals surface area contributed by atoms with Gasteiger partial charge >= 0.3 is 0 Å². The number of benzene rings is 4. The lowest BCUT2D eigenvalue weighted by Gasteiger charge is -2.30. The van der Waals surface area contributed by atoms with E-state index in [4.69, 9.17) is 0 Å². The SMILES string of the molecule is C=C(/C=C\C(=C/C)c1ccccc1)N(C1=CC=C(c2ccc(/C(C)=C/C=C(/C)C(C)c3ccc(C(/C=C\CC)=C/C)cc3)cc2)CC1)c1ccccc1. The smallest absolute Gasteiger partial charge is 0.0458 e. The highest BCUT2D eigenvalue weighted by molar-refractivity contribution is 5.77. The van der Waals surface area contributed by atoms with Crippen molar-refractivity contribution >= 4 is 28.0 Å². The van der Waals surface area contributed by atoms with Crippen molar-refractivity contribution in [3.63, 3.8) is 0 Å². The minimum absolute atomic E-state index is 0.345. The Bertz CT molecular complexity index is 2070. The van der Waals surface area contributed by atoms with Crippen LogP contribution in [0.2, 0.25) is 0 Å². The van der Waals surface area contributed by atoms with E-state index in [1.165, 1.54) is 61.4 Å². The van der Waals surface area contributed by atoms with E-state index in [1.807, 2.05) is 0 Å². The van der Waals surface area contributed by atoms with E-state index in [1.54, 1.807) is 0 Å². The number of allylic oxidation sites excluding steroid dienone is 16. The largest absolute Gasteiger partial charge is 0.315 e. The zero-order valence-electron chi connectivity index (χ0n) is 32.5.